The normalized spacial score (nSPS) is 15.3. The molecule has 0 heterocycles. The molecule has 0 saturated carbocycles. The van der Waals surface area contributed by atoms with Crippen LogP contribution in [0, 0.1) is 0 Å². The molecule has 4 nitrogen and oxygen atoms in total. The molecule has 37 heavy (non-hydrogen) atoms. The summed E-state index contributed by atoms with van der Waals surface area (Å²) in [7, 11) is 0. The third kappa shape index (κ3) is 5.71. The summed E-state index contributed by atoms with van der Waals surface area (Å²) >= 11 is 0. The summed E-state index contributed by atoms with van der Waals surface area (Å²) in [6, 6.07) is 37.2. The maximum absolute atomic E-state index is 9.99. The number of rotatable bonds is 11. The molecule has 0 spiro atoms. The Morgan fingerprint density at radius 3 is 1.35 bits per heavy atom. The molecule has 0 radical (unpaired) electrons. The van der Waals surface area contributed by atoms with Crippen LogP contribution in [0.25, 0.3) is 0 Å². The fourth-order valence-electron chi connectivity index (χ4n) is 5.02. The van der Waals surface area contributed by atoms with Crippen LogP contribution in [-0.4, -0.2) is 22.8 Å². The Kier molecular flexibility index (Phi) is 8.65. The lowest BCUT2D eigenvalue weighted by Gasteiger charge is -2.42. The van der Waals surface area contributed by atoms with Gasteiger partial charge in [-0.2, -0.15) is 0 Å². The second-order valence-corrected chi connectivity index (χ2v) is 9.32. The molecule has 2 N–H and O–H groups in total. The van der Waals surface area contributed by atoms with Gasteiger partial charge >= 0.3 is 0 Å². The van der Waals surface area contributed by atoms with Gasteiger partial charge in [0.2, 0.25) is 0 Å². The van der Waals surface area contributed by atoms with E-state index in [2.05, 4.69) is 79.7 Å². The molecular formula is C33H36O4. The smallest absolute Gasteiger partial charge is 0.197 e. The van der Waals surface area contributed by atoms with Crippen molar-refractivity contribution in [2.45, 2.75) is 57.5 Å². The summed E-state index contributed by atoms with van der Waals surface area (Å²) in [5.41, 5.74) is 4.06. The predicted octanol–water partition coefficient (Wildman–Crippen LogP) is 7.04. The first-order chi connectivity index (χ1) is 18.0. The average Bonchev–Trinajstić information content (AvgIpc) is 2.96. The van der Waals surface area contributed by atoms with Gasteiger partial charge in [-0.15, -0.1) is 0 Å². The Bertz CT molecular complexity index is 1170. The first kappa shape index (κ1) is 26.5. The number of benzene rings is 4. The van der Waals surface area contributed by atoms with Crippen LogP contribution in [0.5, 0.6) is 11.5 Å². The molecule has 0 aliphatic carbocycles. The second kappa shape index (κ2) is 12.1. The van der Waals surface area contributed by atoms with Gasteiger partial charge in [0.15, 0.2) is 12.6 Å². The van der Waals surface area contributed by atoms with Crippen molar-refractivity contribution in [3.05, 3.63) is 131 Å². The molecule has 0 saturated heterocycles. The molecule has 4 heteroatoms. The van der Waals surface area contributed by atoms with Gasteiger partial charge in [-0.1, -0.05) is 106 Å². The van der Waals surface area contributed by atoms with Gasteiger partial charge in [0, 0.05) is 12.8 Å². The van der Waals surface area contributed by atoms with Crippen molar-refractivity contribution >= 4 is 0 Å². The summed E-state index contributed by atoms with van der Waals surface area (Å²) < 4.78 is 11.3. The minimum atomic E-state index is -0.834. The highest BCUT2D eigenvalue weighted by atomic mass is 16.6. The summed E-state index contributed by atoms with van der Waals surface area (Å²) in [6.45, 7) is 6.03. The Labute approximate surface area is 220 Å². The van der Waals surface area contributed by atoms with Gasteiger partial charge in [-0.05, 0) is 52.4 Å². The van der Waals surface area contributed by atoms with Crippen LogP contribution in [0.1, 0.15) is 61.8 Å². The van der Waals surface area contributed by atoms with Crippen LogP contribution in [0.15, 0.2) is 109 Å². The van der Waals surface area contributed by atoms with Gasteiger partial charge in [-0.3, -0.25) is 0 Å². The van der Waals surface area contributed by atoms with Gasteiger partial charge < -0.3 is 19.7 Å². The molecule has 4 rings (SSSR count). The molecule has 192 valence electrons. The quantitative estimate of drug-likeness (QED) is 0.173. The van der Waals surface area contributed by atoms with Crippen molar-refractivity contribution in [2.24, 2.45) is 0 Å². The molecule has 0 aliphatic heterocycles. The lowest BCUT2D eigenvalue weighted by Crippen LogP contribution is -2.35. The summed E-state index contributed by atoms with van der Waals surface area (Å²) in [5, 5.41) is 20.0. The molecule has 4 aromatic carbocycles. The molecule has 0 amide bonds. The van der Waals surface area contributed by atoms with Crippen LogP contribution < -0.4 is 9.47 Å². The number of aliphatic hydroxyl groups is 2. The Morgan fingerprint density at radius 2 is 0.946 bits per heavy atom. The fourth-order valence-corrected chi connectivity index (χ4v) is 5.02. The molecule has 0 bridgehead atoms. The van der Waals surface area contributed by atoms with E-state index in [0.29, 0.717) is 24.3 Å². The van der Waals surface area contributed by atoms with Crippen molar-refractivity contribution in [1.29, 1.82) is 0 Å². The topological polar surface area (TPSA) is 58.9 Å². The van der Waals surface area contributed by atoms with Crippen LogP contribution in [0.2, 0.25) is 0 Å². The highest BCUT2D eigenvalue weighted by Gasteiger charge is 2.42. The summed E-state index contributed by atoms with van der Waals surface area (Å²) in [4.78, 5) is 0. The third-order valence-corrected chi connectivity index (χ3v) is 7.04. The van der Waals surface area contributed by atoms with Gasteiger partial charge in [0.1, 0.15) is 11.5 Å². The minimum Gasteiger partial charge on any atom is -0.465 e. The second-order valence-electron chi connectivity index (χ2n) is 9.32. The highest BCUT2D eigenvalue weighted by Crippen LogP contribution is 2.50. The van der Waals surface area contributed by atoms with Crippen molar-refractivity contribution in [1.82, 2.24) is 0 Å². The van der Waals surface area contributed by atoms with E-state index in [9.17, 15) is 10.2 Å². The van der Waals surface area contributed by atoms with Crippen molar-refractivity contribution in [3.63, 3.8) is 0 Å². The predicted molar refractivity (Wildman–Crippen MR) is 148 cm³/mol. The zero-order valence-electron chi connectivity index (χ0n) is 21.7. The van der Waals surface area contributed by atoms with E-state index in [1.807, 2.05) is 50.2 Å². The Hall–Kier alpha value is -3.60. The molecule has 4 aromatic rings. The van der Waals surface area contributed by atoms with Gasteiger partial charge in [0.05, 0.1) is 5.41 Å². The van der Waals surface area contributed by atoms with E-state index < -0.39 is 18.0 Å². The minimum absolute atomic E-state index is 0.0668. The van der Waals surface area contributed by atoms with E-state index in [-0.39, 0.29) is 5.92 Å². The van der Waals surface area contributed by atoms with E-state index in [0.717, 1.165) is 16.7 Å². The first-order valence-electron chi connectivity index (χ1n) is 13.0. The molecule has 0 aromatic heterocycles. The standard InChI is InChI=1S/C33H36O4/c1-4-31(34)36-29-20-16-27(17-21-29)33(26-14-10-7-11-15-26,24(3)25-12-8-6-9-13-25)28-18-22-30(23-19-28)37-32(35)5-2/h6-24,31-32,34-35H,4-5H2,1-3H3. The summed E-state index contributed by atoms with van der Waals surface area (Å²) in [5.74, 6) is 1.33. The molecular weight excluding hydrogens is 460 g/mol. The maximum atomic E-state index is 9.99. The Morgan fingerprint density at radius 1 is 0.568 bits per heavy atom. The van der Waals surface area contributed by atoms with E-state index in [1.54, 1.807) is 0 Å². The summed E-state index contributed by atoms with van der Waals surface area (Å²) in [6.07, 6.45) is -0.637. The van der Waals surface area contributed by atoms with E-state index >= 15 is 0 Å². The molecule has 3 atom stereocenters. The van der Waals surface area contributed by atoms with E-state index in [1.165, 1.54) is 5.56 Å². The highest BCUT2D eigenvalue weighted by molar-refractivity contribution is 5.55. The van der Waals surface area contributed by atoms with Crippen LogP contribution in [0.3, 0.4) is 0 Å². The average molecular weight is 497 g/mol. The fraction of sp³-hybridized carbons (Fsp3) is 0.273. The van der Waals surface area contributed by atoms with Crippen LogP contribution in [0.4, 0.5) is 0 Å². The maximum Gasteiger partial charge on any atom is 0.197 e. The zero-order chi connectivity index (χ0) is 26.3. The van der Waals surface area contributed by atoms with Gasteiger partial charge in [-0.25, -0.2) is 0 Å². The molecule has 3 unspecified atom stereocenters. The van der Waals surface area contributed by atoms with Gasteiger partial charge in [0.25, 0.3) is 0 Å². The van der Waals surface area contributed by atoms with E-state index in [4.69, 9.17) is 9.47 Å². The molecule has 0 aliphatic rings. The number of hydrogen-bond donors (Lipinski definition) is 2. The third-order valence-electron chi connectivity index (χ3n) is 7.04. The SMILES string of the molecule is CCC(O)Oc1ccc(C(c2ccccc2)(c2ccc(OC(O)CC)cc2)C(C)c2ccccc2)cc1. The first-order valence-corrected chi connectivity index (χ1v) is 13.0. The molecule has 0 fully saturated rings. The Balaban J connectivity index is 1.91. The lowest BCUT2D eigenvalue weighted by molar-refractivity contribution is -0.0196. The van der Waals surface area contributed by atoms with Crippen molar-refractivity contribution < 1.29 is 19.7 Å². The van der Waals surface area contributed by atoms with Crippen molar-refractivity contribution in [2.75, 3.05) is 0 Å². The van der Waals surface area contributed by atoms with Crippen LogP contribution >= 0.6 is 0 Å². The van der Waals surface area contributed by atoms with Crippen LogP contribution in [-0.2, 0) is 5.41 Å². The number of aliphatic hydroxyl groups excluding tert-OH is 2. The largest absolute Gasteiger partial charge is 0.465 e. The van der Waals surface area contributed by atoms with Crippen molar-refractivity contribution in [3.8, 4) is 11.5 Å². The number of ether oxygens (including phenoxy) is 2. The lowest BCUT2D eigenvalue weighted by atomic mass is 9.60. The number of hydrogen-bond acceptors (Lipinski definition) is 4. The monoisotopic (exact) mass is 496 g/mol. The zero-order valence-corrected chi connectivity index (χ0v) is 21.7.